The smallest absolute Gasteiger partial charge is 0.254 e. The Morgan fingerprint density at radius 3 is 2.62 bits per heavy atom. The number of hydrogen-bond acceptors (Lipinski definition) is 3. The Bertz CT molecular complexity index is 650. The van der Waals surface area contributed by atoms with Crippen molar-refractivity contribution in [3.05, 3.63) is 59.4 Å². The highest BCUT2D eigenvalue weighted by molar-refractivity contribution is 5.95. The summed E-state index contributed by atoms with van der Waals surface area (Å²) >= 11 is 0. The zero-order chi connectivity index (χ0) is 14.8. The van der Waals surface area contributed by atoms with Gasteiger partial charge in [0.15, 0.2) is 0 Å². The van der Waals surface area contributed by atoms with Crippen LogP contribution in [-0.4, -0.2) is 21.8 Å². The van der Waals surface area contributed by atoms with Crippen LogP contribution in [0.4, 0.5) is 5.69 Å². The Labute approximate surface area is 124 Å². The molecule has 108 valence electrons. The van der Waals surface area contributed by atoms with Crippen LogP contribution in [0.2, 0.25) is 0 Å². The van der Waals surface area contributed by atoms with Crippen LogP contribution in [0.3, 0.4) is 0 Å². The van der Waals surface area contributed by atoms with Gasteiger partial charge in [0.1, 0.15) is 0 Å². The SMILES string of the molecule is Cc1cc(C(=O)N(Cc2ccncc2)C2CC2)ccc1N. The van der Waals surface area contributed by atoms with Gasteiger partial charge in [-0.25, -0.2) is 0 Å². The Hall–Kier alpha value is -2.36. The third kappa shape index (κ3) is 3.05. The van der Waals surface area contributed by atoms with E-state index in [-0.39, 0.29) is 5.91 Å². The molecule has 1 aromatic heterocycles. The van der Waals surface area contributed by atoms with Gasteiger partial charge in [-0.1, -0.05) is 0 Å². The summed E-state index contributed by atoms with van der Waals surface area (Å²) in [6.07, 6.45) is 5.70. The van der Waals surface area contributed by atoms with E-state index in [4.69, 9.17) is 5.73 Å². The van der Waals surface area contributed by atoms with Crippen molar-refractivity contribution in [1.29, 1.82) is 0 Å². The summed E-state index contributed by atoms with van der Waals surface area (Å²) in [5.74, 6) is 0.0809. The second-order valence-electron chi connectivity index (χ2n) is 5.59. The Kier molecular flexibility index (Phi) is 3.60. The Balaban J connectivity index is 1.83. The first kappa shape index (κ1) is 13.6. The summed E-state index contributed by atoms with van der Waals surface area (Å²) in [6, 6.07) is 9.77. The summed E-state index contributed by atoms with van der Waals surface area (Å²) in [6.45, 7) is 2.56. The van der Waals surface area contributed by atoms with E-state index in [0.29, 0.717) is 18.2 Å². The normalized spacial score (nSPS) is 14.0. The molecule has 0 bridgehead atoms. The third-order valence-corrected chi connectivity index (χ3v) is 3.87. The molecule has 0 aliphatic heterocycles. The topological polar surface area (TPSA) is 59.2 Å². The molecule has 1 saturated carbocycles. The number of amides is 1. The molecule has 3 rings (SSSR count). The molecule has 1 aromatic carbocycles. The first-order chi connectivity index (χ1) is 10.1. The van der Waals surface area contributed by atoms with E-state index in [1.54, 1.807) is 18.5 Å². The van der Waals surface area contributed by atoms with Gasteiger partial charge in [0.2, 0.25) is 0 Å². The van der Waals surface area contributed by atoms with Gasteiger partial charge in [-0.2, -0.15) is 0 Å². The molecular formula is C17H19N3O. The average Bonchev–Trinajstić information content (AvgIpc) is 3.33. The molecule has 0 unspecified atom stereocenters. The standard InChI is InChI=1S/C17H19N3O/c1-12-10-14(2-5-16(12)18)17(21)20(15-3-4-15)11-13-6-8-19-9-7-13/h2,5-10,15H,3-4,11,18H2,1H3. The van der Waals surface area contributed by atoms with Crippen LogP contribution < -0.4 is 5.73 Å². The van der Waals surface area contributed by atoms with Crippen molar-refractivity contribution in [2.45, 2.75) is 32.4 Å². The van der Waals surface area contributed by atoms with Crippen molar-refractivity contribution in [1.82, 2.24) is 9.88 Å². The van der Waals surface area contributed by atoms with Crippen molar-refractivity contribution in [2.75, 3.05) is 5.73 Å². The second kappa shape index (κ2) is 5.56. The zero-order valence-corrected chi connectivity index (χ0v) is 12.1. The van der Waals surface area contributed by atoms with Crippen molar-refractivity contribution in [3.63, 3.8) is 0 Å². The van der Waals surface area contributed by atoms with E-state index >= 15 is 0 Å². The van der Waals surface area contributed by atoms with E-state index in [2.05, 4.69) is 4.98 Å². The van der Waals surface area contributed by atoms with Crippen LogP contribution in [0.1, 0.15) is 34.3 Å². The number of aromatic nitrogens is 1. The maximum Gasteiger partial charge on any atom is 0.254 e. The summed E-state index contributed by atoms with van der Waals surface area (Å²) in [5, 5.41) is 0. The van der Waals surface area contributed by atoms with E-state index in [1.165, 1.54) is 0 Å². The summed E-state index contributed by atoms with van der Waals surface area (Å²) in [5.41, 5.74) is 9.31. The van der Waals surface area contributed by atoms with Crippen LogP contribution in [0.25, 0.3) is 0 Å². The molecule has 1 heterocycles. The fourth-order valence-electron chi connectivity index (χ4n) is 2.41. The zero-order valence-electron chi connectivity index (χ0n) is 12.1. The van der Waals surface area contributed by atoms with Gasteiger partial charge in [-0.3, -0.25) is 9.78 Å². The molecule has 1 fully saturated rings. The van der Waals surface area contributed by atoms with Gasteiger partial charge in [0.05, 0.1) is 0 Å². The van der Waals surface area contributed by atoms with Gasteiger partial charge in [0.25, 0.3) is 5.91 Å². The third-order valence-electron chi connectivity index (χ3n) is 3.87. The van der Waals surface area contributed by atoms with Crippen molar-refractivity contribution < 1.29 is 4.79 Å². The second-order valence-corrected chi connectivity index (χ2v) is 5.59. The lowest BCUT2D eigenvalue weighted by atomic mass is 10.1. The lowest BCUT2D eigenvalue weighted by Gasteiger charge is -2.23. The highest BCUT2D eigenvalue weighted by Crippen LogP contribution is 2.30. The summed E-state index contributed by atoms with van der Waals surface area (Å²) in [7, 11) is 0. The van der Waals surface area contributed by atoms with Crippen LogP contribution in [0, 0.1) is 6.92 Å². The number of anilines is 1. The molecule has 1 aliphatic carbocycles. The molecular weight excluding hydrogens is 262 g/mol. The molecule has 21 heavy (non-hydrogen) atoms. The summed E-state index contributed by atoms with van der Waals surface area (Å²) < 4.78 is 0. The number of carbonyl (C=O) groups is 1. The number of pyridine rings is 1. The predicted octanol–water partition coefficient (Wildman–Crippen LogP) is 2.78. The molecule has 2 aromatic rings. The molecule has 4 heteroatoms. The average molecular weight is 281 g/mol. The largest absolute Gasteiger partial charge is 0.399 e. The molecule has 4 nitrogen and oxygen atoms in total. The number of carbonyl (C=O) groups excluding carboxylic acids is 1. The van der Waals surface area contributed by atoms with Gasteiger partial charge < -0.3 is 10.6 Å². The monoisotopic (exact) mass is 281 g/mol. The van der Waals surface area contributed by atoms with Crippen molar-refractivity contribution in [2.24, 2.45) is 0 Å². The number of nitrogen functional groups attached to an aromatic ring is 1. The van der Waals surface area contributed by atoms with E-state index in [9.17, 15) is 4.79 Å². The minimum Gasteiger partial charge on any atom is -0.399 e. The molecule has 0 radical (unpaired) electrons. The van der Waals surface area contributed by atoms with Crippen molar-refractivity contribution in [3.8, 4) is 0 Å². The number of benzene rings is 1. The molecule has 1 aliphatic rings. The molecule has 0 saturated heterocycles. The maximum atomic E-state index is 12.8. The number of aryl methyl sites for hydroxylation is 1. The van der Waals surface area contributed by atoms with Crippen LogP contribution in [-0.2, 0) is 6.54 Å². The van der Waals surface area contributed by atoms with Gasteiger partial charge in [0, 0.05) is 36.2 Å². The molecule has 1 amide bonds. The van der Waals surface area contributed by atoms with E-state index < -0.39 is 0 Å². The molecule has 0 spiro atoms. The van der Waals surface area contributed by atoms with Crippen molar-refractivity contribution >= 4 is 11.6 Å². The van der Waals surface area contributed by atoms with Gasteiger partial charge >= 0.3 is 0 Å². The Morgan fingerprint density at radius 2 is 2.00 bits per heavy atom. The number of hydrogen-bond donors (Lipinski definition) is 1. The molecule has 0 atom stereocenters. The lowest BCUT2D eigenvalue weighted by molar-refractivity contribution is 0.0730. The minimum absolute atomic E-state index is 0.0809. The highest BCUT2D eigenvalue weighted by Gasteiger charge is 2.33. The van der Waals surface area contributed by atoms with E-state index in [0.717, 1.165) is 29.7 Å². The number of nitrogens with zero attached hydrogens (tertiary/aromatic N) is 2. The van der Waals surface area contributed by atoms with Gasteiger partial charge in [-0.15, -0.1) is 0 Å². The predicted molar refractivity (Wildman–Crippen MR) is 82.7 cm³/mol. The van der Waals surface area contributed by atoms with Crippen LogP contribution in [0.5, 0.6) is 0 Å². The quantitative estimate of drug-likeness (QED) is 0.877. The minimum atomic E-state index is 0.0809. The van der Waals surface area contributed by atoms with Gasteiger partial charge in [-0.05, 0) is 61.2 Å². The van der Waals surface area contributed by atoms with Crippen LogP contribution in [0.15, 0.2) is 42.7 Å². The molecule has 2 N–H and O–H groups in total. The highest BCUT2D eigenvalue weighted by atomic mass is 16.2. The number of rotatable bonds is 4. The first-order valence-electron chi connectivity index (χ1n) is 7.21. The van der Waals surface area contributed by atoms with Crippen LogP contribution >= 0.6 is 0 Å². The van der Waals surface area contributed by atoms with E-state index in [1.807, 2.05) is 36.1 Å². The fraction of sp³-hybridized carbons (Fsp3) is 0.294. The fourth-order valence-corrected chi connectivity index (χ4v) is 2.41. The first-order valence-corrected chi connectivity index (χ1v) is 7.21. The lowest BCUT2D eigenvalue weighted by Crippen LogP contribution is -2.32. The maximum absolute atomic E-state index is 12.8. The summed E-state index contributed by atoms with van der Waals surface area (Å²) in [4.78, 5) is 18.7. The number of nitrogens with two attached hydrogens (primary N) is 1. The Morgan fingerprint density at radius 1 is 1.29 bits per heavy atom.